The Morgan fingerprint density at radius 2 is 2.00 bits per heavy atom. The smallest absolute Gasteiger partial charge is 0.256 e. The number of benzene rings is 2. The lowest BCUT2D eigenvalue weighted by molar-refractivity contribution is -0.115. The van der Waals surface area contributed by atoms with E-state index in [1.54, 1.807) is 6.07 Å². The number of phenolic OH excluding ortho intramolecular Hbond substituents is 1. The van der Waals surface area contributed by atoms with Crippen LogP contribution in [0.4, 0.5) is 5.69 Å². The van der Waals surface area contributed by atoms with E-state index in [4.69, 9.17) is 22.1 Å². The average molecular weight is 307 g/mol. The molecular weight excluding hydrogens is 292 g/mol. The quantitative estimate of drug-likeness (QED) is 0.450. The summed E-state index contributed by atoms with van der Waals surface area (Å²) in [5, 5.41) is 12.1. The summed E-state index contributed by atoms with van der Waals surface area (Å²) in [6, 6.07) is 14.2. The van der Waals surface area contributed by atoms with Gasteiger partial charge in [-0.1, -0.05) is 41.9 Å². The lowest BCUT2D eigenvalue weighted by Gasteiger charge is -2.11. The molecule has 0 fully saturated rings. The van der Waals surface area contributed by atoms with Crippen LogP contribution in [0.1, 0.15) is 5.56 Å². The number of nitrogens with one attached hydrogen (secondary N) is 1. The molecule has 110 valence electrons. The van der Waals surface area contributed by atoms with Crippen LogP contribution in [0, 0.1) is 0 Å². The van der Waals surface area contributed by atoms with Crippen molar-refractivity contribution in [2.45, 2.75) is 12.1 Å². The molecule has 0 aliphatic heterocycles. The Balaban J connectivity index is 2.06. The molecule has 4 N–H and O–H groups in total. The molecule has 0 aliphatic rings. The summed E-state index contributed by atoms with van der Waals surface area (Å²) < 4.78 is 5.60. The van der Waals surface area contributed by atoms with Crippen molar-refractivity contribution in [3.05, 3.63) is 54.1 Å². The van der Waals surface area contributed by atoms with E-state index in [0.717, 1.165) is 5.56 Å². The molecule has 1 amide bonds. The zero-order chi connectivity index (χ0) is 15.2. The summed E-state index contributed by atoms with van der Waals surface area (Å²) >= 11 is 5.46. The van der Waals surface area contributed by atoms with Crippen LogP contribution in [0.25, 0.3) is 0 Å². The first-order valence-corrected chi connectivity index (χ1v) is 6.70. The summed E-state index contributed by atoms with van der Waals surface area (Å²) in [6.07, 6.45) is 0. The van der Waals surface area contributed by atoms with Crippen molar-refractivity contribution in [2.75, 3.05) is 5.32 Å². The van der Waals surface area contributed by atoms with E-state index in [0.29, 0.717) is 12.4 Å². The zero-order valence-corrected chi connectivity index (χ0v) is 11.9. The Kier molecular flexibility index (Phi) is 5.03. The second-order valence-electron chi connectivity index (χ2n) is 4.34. The van der Waals surface area contributed by atoms with Crippen molar-refractivity contribution in [3.8, 4) is 11.5 Å². The van der Waals surface area contributed by atoms with Crippen molar-refractivity contribution in [2.24, 2.45) is 5.73 Å². The molecule has 0 heterocycles. The van der Waals surface area contributed by atoms with Crippen LogP contribution in [-0.4, -0.2) is 16.5 Å². The highest BCUT2D eigenvalue weighted by Crippen LogP contribution is 2.28. The molecular formula is C15H15ClN2O3. The van der Waals surface area contributed by atoms with Gasteiger partial charge in [-0.05, 0) is 17.7 Å². The zero-order valence-electron chi connectivity index (χ0n) is 11.1. The minimum atomic E-state index is -1.18. The maximum absolute atomic E-state index is 11.4. The summed E-state index contributed by atoms with van der Waals surface area (Å²) in [7, 11) is 0. The summed E-state index contributed by atoms with van der Waals surface area (Å²) in [5.41, 5.74) is 5.27. The fourth-order valence-electron chi connectivity index (χ4n) is 1.65. The molecule has 21 heavy (non-hydrogen) atoms. The summed E-state index contributed by atoms with van der Waals surface area (Å²) in [6.45, 7) is 0.383. The third kappa shape index (κ3) is 4.37. The highest BCUT2D eigenvalue weighted by molar-refractivity contribution is 6.32. The Morgan fingerprint density at radius 3 is 2.67 bits per heavy atom. The summed E-state index contributed by atoms with van der Waals surface area (Å²) in [5.74, 6) is -0.185. The van der Waals surface area contributed by atoms with E-state index >= 15 is 0 Å². The molecule has 2 aromatic carbocycles. The molecule has 0 bridgehead atoms. The number of ether oxygens (including phenoxy) is 1. The van der Waals surface area contributed by atoms with Crippen LogP contribution < -0.4 is 15.8 Å². The van der Waals surface area contributed by atoms with Crippen LogP contribution in [0.15, 0.2) is 48.5 Å². The first-order valence-electron chi connectivity index (χ1n) is 6.26. The van der Waals surface area contributed by atoms with Crippen molar-refractivity contribution in [1.82, 2.24) is 0 Å². The maximum atomic E-state index is 11.4. The van der Waals surface area contributed by atoms with Gasteiger partial charge in [-0.3, -0.25) is 4.79 Å². The number of hydrogen-bond acceptors (Lipinski definition) is 4. The Morgan fingerprint density at radius 1 is 1.29 bits per heavy atom. The fraction of sp³-hybridized carbons (Fsp3) is 0.133. The first kappa shape index (κ1) is 15.2. The SMILES string of the molecule is NC(Cl)C(=O)Nc1cc(OCc2ccccc2)ccc1O. The average Bonchev–Trinajstić information content (AvgIpc) is 2.49. The molecule has 2 rings (SSSR count). The van der Waals surface area contributed by atoms with Gasteiger partial charge in [-0.15, -0.1) is 0 Å². The highest BCUT2D eigenvalue weighted by atomic mass is 35.5. The monoisotopic (exact) mass is 306 g/mol. The number of aromatic hydroxyl groups is 1. The summed E-state index contributed by atoms with van der Waals surface area (Å²) in [4.78, 5) is 11.4. The van der Waals surface area contributed by atoms with Gasteiger partial charge in [-0.25, -0.2) is 0 Å². The molecule has 0 saturated carbocycles. The molecule has 0 saturated heterocycles. The van der Waals surface area contributed by atoms with Gasteiger partial charge in [0.2, 0.25) is 0 Å². The molecule has 0 radical (unpaired) electrons. The third-order valence-corrected chi connectivity index (χ3v) is 2.92. The van der Waals surface area contributed by atoms with Crippen LogP contribution in [0.5, 0.6) is 11.5 Å². The minimum Gasteiger partial charge on any atom is -0.506 e. The molecule has 6 heteroatoms. The van der Waals surface area contributed by atoms with Crippen LogP contribution in [-0.2, 0) is 11.4 Å². The lowest BCUT2D eigenvalue weighted by atomic mass is 10.2. The van der Waals surface area contributed by atoms with E-state index in [2.05, 4.69) is 5.32 Å². The lowest BCUT2D eigenvalue weighted by Crippen LogP contribution is -2.30. The normalized spacial score (nSPS) is 11.7. The number of carbonyl (C=O) groups is 1. The minimum absolute atomic E-state index is 0.0901. The highest BCUT2D eigenvalue weighted by Gasteiger charge is 2.12. The van der Waals surface area contributed by atoms with Gasteiger partial charge in [-0.2, -0.15) is 0 Å². The predicted octanol–water partition coefficient (Wildman–Crippen LogP) is 2.43. The third-order valence-electron chi connectivity index (χ3n) is 2.72. The number of carbonyl (C=O) groups excluding carboxylic acids is 1. The number of halogens is 1. The van der Waals surface area contributed by atoms with E-state index in [1.165, 1.54) is 12.1 Å². The van der Waals surface area contributed by atoms with Gasteiger partial charge >= 0.3 is 0 Å². The van der Waals surface area contributed by atoms with Crippen LogP contribution in [0.2, 0.25) is 0 Å². The number of amides is 1. The number of anilines is 1. The van der Waals surface area contributed by atoms with Crippen LogP contribution >= 0.6 is 11.6 Å². The Labute approximate surface area is 127 Å². The van der Waals surface area contributed by atoms with E-state index in [9.17, 15) is 9.90 Å². The van der Waals surface area contributed by atoms with Gasteiger partial charge in [0.05, 0.1) is 5.69 Å². The van der Waals surface area contributed by atoms with Gasteiger partial charge in [0.25, 0.3) is 5.91 Å². The Hall–Kier alpha value is -2.24. The fourth-order valence-corrected chi connectivity index (χ4v) is 1.70. The molecule has 5 nitrogen and oxygen atoms in total. The standard InChI is InChI=1S/C15H15ClN2O3/c16-14(17)15(20)18-12-8-11(6-7-13(12)19)21-9-10-4-2-1-3-5-10/h1-8,14,19H,9,17H2,(H,18,20). The number of nitrogens with two attached hydrogens (primary N) is 1. The second kappa shape index (κ2) is 6.97. The number of alkyl halides is 1. The predicted molar refractivity (Wildman–Crippen MR) is 81.3 cm³/mol. The van der Waals surface area contributed by atoms with Crippen molar-refractivity contribution in [3.63, 3.8) is 0 Å². The number of phenols is 1. The maximum Gasteiger partial charge on any atom is 0.256 e. The van der Waals surface area contributed by atoms with E-state index < -0.39 is 11.4 Å². The van der Waals surface area contributed by atoms with E-state index in [1.807, 2.05) is 30.3 Å². The van der Waals surface area contributed by atoms with Crippen molar-refractivity contribution in [1.29, 1.82) is 0 Å². The first-order chi connectivity index (χ1) is 10.1. The molecule has 0 aromatic heterocycles. The molecule has 2 aromatic rings. The molecule has 0 spiro atoms. The topological polar surface area (TPSA) is 84.6 Å². The van der Waals surface area contributed by atoms with Gasteiger partial charge in [0, 0.05) is 6.07 Å². The Bertz CT molecular complexity index is 618. The second-order valence-corrected chi connectivity index (χ2v) is 4.81. The van der Waals surface area contributed by atoms with Gasteiger partial charge in [0.1, 0.15) is 18.1 Å². The van der Waals surface area contributed by atoms with Gasteiger partial charge < -0.3 is 20.9 Å². The van der Waals surface area contributed by atoms with Crippen molar-refractivity contribution < 1.29 is 14.6 Å². The molecule has 0 aliphatic carbocycles. The largest absolute Gasteiger partial charge is 0.506 e. The van der Waals surface area contributed by atoms with E-state index in [-0.39, 0.29) is 11.4 Å². The van der Waals surface area contributed by atoms with Gasteiger partial charge in [0.15, 0.2) is 5.50 Å². The van der Waals surface area contributed by atoms with Crippen LogP contribution in [0.3, 0.4) is 0 Å². The molecule has 1 atom stereocenters. The van der Waals surface area contributed by atoms with Crippen molar-refractivity contribution >= 4 is 23.2 Å². The number of rotatable bonds is 5. The number of hydrogen-bond donors (Lipinski definition) is 3. The molecule has 1 unspecified atom stereocenters.